The molecule has 2 aromatic carbocycles. The highest BCUT2D eigenvalue weighted by molar-refractivity contribution is 5.91. The van der Waals surface area contributed by atoms with Crippen molar-refractivity contribution < 1.29 is 14.5 Å². The van der Waals surface area contributed by atoms with Gasteiger partial charge in [-0.25, -0.2) is 0 Å². The van der Waals surface area contributed by atoms with Crippen molar-refractivity contribution >= 4 is 17.3 Å². The van der Waals surface area contributed by atoms with Crippen molar-refractivity contribution in [3.8, 4) is 11.8 Å². The van der Waals surface area contributed by atoms with Crippen LogP contribution in [0, 0.1) is 21.4 Å². The molecule has 1 N–H and O–H groups in total. The average Bonchev–Trinajstić information content (AvgIpc) is 2.60. The normalized spacial score (nSPS) is 10.6. The fourth-order valence-electron chi connectivity index (χ4n) is 2.11. The first kappa shape index (κ1) is 17.9. The van der Waals surface area contributed by atoms with E-state index in [9.17, 15) is 14.9 Å². The number of nitrogens with zero attached hydrogens (tertiary/aromatic N) is 2. The number of carbonyl (C=O) groups excluding carboxylic acids is 1. The number of nitriles is 1. The van der Waals surface area contributed by atoms with Gasteiger partial charge in [0.25, 0.3) is 5.91 Å². The van der Waals surface area contributed by atoms with E-state index in [0.29, 0.717) is 5.69 Å². The minimum atomic E-state index is -0.613. The Hall–Kier alpha value is -3.40. The maximum absolute atomic E-state index is 11.9. The number of benzene rings is 2. The largest absolute Gasteiger partial charge is 0.477 e. The second kappa shape index (κ2) is 7.45. The van der Waals surface area contributed by atoms with E-state index in [1.54, 1.807) is 44.2 Å². The van der Waals surface area contributed by atoms with E-state index in [2.05, 4.69) is 11.4 Å². The molecular formula is C18H17N3O4. The van der Waals surface area contributed by atoms with E-state index in [-0.39, 0.29) is 18.0 Å². The number of nitro groups is 1. The third-order valence-corrected chi connectivity index (χ3v) is 3.59. The number of carbonyl (C=O) groups is 1. The second-order valence-electron chi connectivity index (χ2n) is 5.88. The molecule has 2 aromatic rings. The first-order valence-corrected chi connectivity index (χ1v) is 7.51. The highest BCUT2D eigenvalue weighted by Gasteiger charge is 2.19. The Morgan fingerprint density at radius 2 is 1.88 bits per heavy atom. The number of para-hydroxylation sites is 2. The number of nitrogens with one attached hydrogen (secondary N) is 1. The van der Waals surface area contributed by atoms with Crippen LogP contribution >= 0.6 is 0 Å². The molecule has 0 heterocycles. The summed E-state index contributed by atoms with van der Waals surface area (Å²) in [6.07, 6.45) is 0. The number of amides is 1. The molecule has 2 rings (SSSR count). The summed E-state index contributed by atoms with van der Waals surface area (Å²) in [5.74, 6) is -0.404. The first-order chi connectivity index (χ1) is 11.8. The molecular weight excluding hydrogens is 322 g/mol. The molecule has 128 valence electrons. The Balaban J connectivity index is 1.97. The molecule has 0 spiro atoms. The van der Waals surface area contributed by atoms with Crippen LogP contribution in [-0.2, 0) is 10.2 Å². The summed E-state index contributed by atoms with van der Waals surface area (Å²) in [4.78, 5) is 22.3. The van der Waals surface area contributed by atoms with Crippen LogP contribution in [0.25, 0.3) is 0 Å². The van der Waals surface area contributed by atoms with Gasteiger partial charge in [-0.3, -0.25) is 14.9 Å². The highest BCUT2D eigenvalue weighted by atomic mass is 16.6. The minimum Gasteiger partial charge on any atom is -0.477 e. The topological polar surface area (TPSA) is 105 Å². The Morgan fingerprint density at radius 3 is 2.48 bits per heavy atom. The number of anilines is 1. The van der Waals surface area contributed by atoms with E-state index in [1.165, 1.54) is 18.2 Å². The van der Waals surface area contributed by atoms with Crippen molar-refractivity contribution in [1.29, 1.82) is 5.26 Å². The molecule has 0 aliphatic rings. The zero-order valence-electron chi connectivity index (χ0n) is 13.9. The molecule has 7 nitrogen and oxygen atoms in total. The van der Waals surface area contributed by atoms with Crippen molar-refractivity contribution in [2.75, 3.05) is 11.9 Å². The predicted octanol–water partition coefficient (Wildman–Crippen LogP) is 3.41. The molecule has 7 heteroatoms. The minimum absolute atomic E-state index is 0.0359. The molecule has 0 aromatic heterocycles. The lowest BCUT2D eigenvalue weighted by atomic mass is 9.86. The summed E-state index contributed by atoms with van der Waals surface area (Å²) in [6, 6.07) is 15.0. The standard InChI is InChI=1S/C18H17N3O4/c1-18(2,12-19)13-7-9-14(10-8-13)20-17(22)11-25-16-6-4-3-5-15(16)21(23)24/h3-10H,11H2,1-2H3,(H,20,22). The van der Waals surface area contributed by atoms with Crippen LogP contribution in [0.1, 0.15) is 19.4 Å². The molecule has 0 fully saturated rings. The fraction of sp³-hybridized carbons (Fsp3) is 0.222. The number of rotatable bonds is 6. The number of nitro benzene ring substituents is 1. The van der Waals surface area contributed by atoms with Crippen molar-refractivity contribution in [2.24, 2.45) is 0 Å². The Labute approximate surface area is 145 Å². The maximum Gasteiger partial charge on any atom is 0.310 e. The van der Waals surface area contributed by atoms with Crippen molar-refractivity contribution in [1.82, 2.24) is 0 Å². The molecule has 0 saturated carbocycles. The van der Waals surface area contributed by atoms with E-state index < -0.39 is 16.2 Å². The first-order valence-electron chi connectivity index (χ1n) is 7.51. The summed E-state index contributed by atoms with van der Waals surface area (Å²) in [5.41, 5.74) is 0.578. The maximum atomic E-state index is 11.9. The van der Waals surface area contributed by atoms with E-state index in [4.69, 9.17) is 10.00 Å². The van der Waals surface area contributed by atoms with Crippen molar-refractivity contribution in [3.63, 3.8) is 0 Å². The Kier molecular flexibility index (Phi) is 5.35. The monoisotopic (exact) mass is 339 g/mol. The molecule has 0 radical (unpaired) electrons. The predicted molar refractivity (Wildman–Crippen MR) is 92.3 cm³/mol. The summed E-state index contributed by atoms with van der Waals surface area (Å²) in [5, 5.41) is 22.7. The summed E-state index contributed by atoms with van der Waals surface area (Å²) >= 11 is 0. The SMILES string of the molecule is CC(C)(C#N)c1ccc(NC(=O)COc2ccccc2[N+](=O)[O-])cc1. The summed E-state index contributed by atoms with van der Waals surface area (Å²) in [6.45, 7) is 3.26. The van der Waals surface area contributed by atoms with Gasteiger partial charge in [0.1, 0.15) is 0 Å². The molecule has 0 unspecified atom stereocenters. The van der Waals surface area contributed by atoms with Gasteiger partial charge in [-0.1, -0.05) is 24.3 Å². The molecule has 0 saturated heterocycles. The van der Waals surface area contributed by atoms with Gasteiger partial charge in [0.15, 0.2) is 12.4 Å². The van der Waals surface area contributed by atoms with Crippen LogP contribution < -0.4 is 10.1 Å². The zero-order chi connectivity index (χ0) is 18.4. The van der Waals surface area contributed by atoms with Gasteiger partial charge in [0.05, 0.1) is 16.4 Å². The third kappa shape index (κ3) is 4.54. The highest BCUT2D eigenvalue weighted by Crippen LogP contribution is 2.26. The lowest BCUT2D eigenvalue weighted by Crippen LogP contribution is -2.20. The lowest BCUT2D eigenvalue weighted by Gasteiger charge is -2.16. The molecule has 0 aliphatic heterocycles. The molecule has 0 aliphatic carbocycles. The van der Waals surface area contributed by atoms with E-state index >= 15 is 0 Å². The molecule has 1 amide bonds. The summed E-state index contributed by atoms with van der Waals surface area (Å²) < 4.78 is 5.23. The van der Waals surface area contributed by atoms with Gasteiger partial charge in [0, 0.05) is 11.8 Å². The van der Waals surface area contributed by atoms with Crippen LogP contribution in [0.5, 0.6) is 5.75 Å². The molecule has 25 heavy (non-hydrogen) atoms. The number of hydrogen-bond donors (Lipinski definition) is 1. The van der Waals surface area contributed by atoms with Gasteiger partial charge in [0.2, 0.25) is 0 Å². The van der Waals surface area contributed by atoms with Gasteiger partial charge in [-0.15, -0.1) is 0 Å². The van der Waals surface area contributed by atoms with Gasteiger partial charge < -0.3 is 10.1 Å². The van der Waals surface area contributed by atoms with Gasteiger partial charge in [-0.2, -0.15) is 5.26 Å². The smallest absolute Gasteiger partial charge is 0.310 e. The van der Waals surface area contributed by atoms with Crippen molar-refractivity contribution in [3.05, 3.63) is 64.2 Å². The summed E-state index contributed by atoms with van der Waals surface area (Å²) in [7, 11) is 0. The number of ether oxygens (including phenoxy) is 1. The van der Waals surface area contributed by atoms with Gasteiger partial charge >= 0.3 is 5.69 Å². The third-order valence-electron chi connectivity index (χ3n) is 3.59. The number of hydrogen-bond acceptors (Lipinski definition) is 5. The zero-order valence-corrected chi connectivity index (χ0v) is 13.9. The molecule has 0 atom stereocenters. The van der Waals surface area contributed by atoms with Crippen molar-refractivity contribution in [2.45, 2.75) is 19.3 Å². The van der Waals surface area contributed by atoms with E-state index in [1.807, 2.05) is 0 Å². The lowest BCUT2D eigenvalue weighted by molar-refractivity contribution is -0.385. The van der Waals surface area contributed by atoms with Crippen LogP contribution in [-0.4, -0.2) is 17.4 Å². The fourth-order valence-corrected chi connectivity index (χ4v) is 2.11. The Morgan fingerprint density at radius 1 is 1.24 bits per heavy atom. The molecule has 0 bridgehead atoms. The Bertz CT molecular complexity index is 823. The second-order valence-corrected chi connectivity index (χ2v) is 5.88. The van der Waals surface area contributed by atoms with Gasteiger partial charge in [-0.05, 0) is 37.6 Å². The van der Waals surface area contributed by atoms with Crippen LogP contribution in [0.4, 0.5) is 11.4 Å². The van der Waals surface area contributed by atoms with Crippen LogP contribution in [0.3, 0.4) is 0 Å². The quantitative estimate of drug-likeness (QED) is 0.641. The van der Waals surface area contributed by atoms with Crippen LogP contribution in [0.15, 0.2) is 48.5 Å². The van der Waals surface area contributed by atoms with E-state index in [0.717, 1.165) is 5.56 Å². The van der Waals surface area contributed by atoms with Crippen LogP contribution in [0.2, 0.25) is 0 Å². The average molecular weight is 339 g/mol.